The van der Waals surface area contributed by atoms with Gasteiger partial charge in [-0.15, -0.1) is 0 Å². The van der Waals surface area contributed by atoms with Crippen molar-refractivity contribution in [1.82, 2.24) is 0 Å². The first kappa shape index (κ1) is 9.82. The SMILES string of the molecule is OC[C@H]1OC(C(O)F)[C@@H](O)[C@@H]1O. The second kappa shape index (κ2) is 3.63. The van der Waals surface area contributed by atoms with Crippen LogP contribution in [0, 0.1) is 0 Å². The van der Waals surface area contributed by atoms with E-state index in [-0.39, 0.29) is 0 Å². The molecule has 0 amide bonds. The molecule has 4 N–H and O–H groups in total. The van der Waals surface area contributed by atoms with Crippen LogP contribution in [0.25, 0.3) is 0 Å². The summed E-state index contributed by atoms with van der Waals surface area (Å²) in [7, 11) is 0. The summed E-state index contributed by atoms with van der Waals surface area (Å²) in [5.41, 5.74) is 0. The van der Waals surface area contributed by atoms with Gasteiger partial charge in [-0.2, -0.15) is 0 Å². The Labute approximate surface area is 68.0 Å². The second-order valence-corrected chi connectivity index (χ2v) is 2.68. The highest BCUT2D eigenvalue weighted by Crippen LogP contribution is 2.23. The molecular formula is C6H11FO5. The molecule has 0 aromatic rings. The van der Waals surface area contributed by atoms with Crippen molar-refractivity contribution in [3.63, 3.8) is 0 Å². The number of halogens is 1. The fourth-order valence-corrected chi connectivity index (χ4v) is 1.16. The summed E-state index contributed by atoms with van der Waals surface area (Å²) in [5, 5.41) is 35.1. The predicted octanol–water partition coefficient (Wildman–Crippen LogP) is -2.24. The highest BCUT2D eigenvalue weighted by Gasteiger charge is 2.45. The highest BCUT2D eigenvalue weighted by atomic mass is 19.1. The molecule has 72 valence electrons. The molecule has 1 saturated heterocycles. The summed E-state index contributed by atoms with van der Waals surface area (Å²) < 4.78 is 16.8. The summed E-state index contributed by atoms with van der Waals surface area (Å²) in [6.07, 6.45) is -7.72. The lowest BCUT2D eigenvalue weighted by molar-refractivity contribution is -0.123. The maximum absolute atomic E-state index is 12.2. The van der Waals surface area contributed by atoms with Crippen LogP contribution in [0.5, 0.6) is 0 Å². The highest BCUT2D eigenvalue weighted by molar-refractivity contribution is 4.91. The van der Waals surface area contributed by atoms with Crippen LogP contribution in [0.3, 0.4) is 0 Å². The topological polar surface area (TPSA) is 90.2 Å². The van der Waals surface area contributed by atoms with E-state index in [0.29, 0.717) is 0 Å². The molecule has 0 bridgehead atoms. The summed E-state index contributed by atoms with van der Waals surface area (Å²) in [6, 6.07) is 0. The fourth-order valence-electron chi connectivity index (χ4n) is 1.16. The van der Waals surface area contributed by atoms with Crippen molar-refractivity contribution in [3.05, 3.63) is 0 Å². The molecule has 0 radical (unpaired) electrons. The van der Waals surface area contributed by atoms with E-state index >= 15 is 0 Å². The Bertz CT molecular complexity index is 153. The normalized spacial score (nSPS) is 44.8. The van der Waals surface area contributed by atoms with Crippen LogP contribution >= 0.6 is 0 Å². The smallest absolute Gasteiger partial charge is 0.225 e. The molecule has 2 unspecified atom stereocenters. The Kier molecular flexibility index (Phi) is 2.97. The summed E-state index contributed by atoms with van der Waals surface area (Å²) in [6.45, 7) is -0.526. The van der Waals surface area contributed by atoms with Gasteiger partial charge in [0.05, 0.1) is 6.61 Å². The maximum Gasteiger partial charge on any atom is 0.225 e. The molecule has 6 heteroatoms. The standard InChI is InChI=1S/C6H11FO5/c7-6(11)5-4(10)3(9)2(1-8)12-5/h2-6,8-11H,1H2/t2-,3-,4+,5?,6?/m1/s1. The van der Waals surface area contributed by atoms with Crippen molar-refractivity contribution < 1.29 is 29.6 Å². The number of hydrogen-bond donors (Lipinski definition) is 4. The van der Waals surface area contributed by atoms with Gasteiger partial charge >= 0.3 is 0 Å². The molecule has 1 aliphatic heterocycles. The van der Waals surface area contributed by atoms with Crippen LogP contribution in [0.15, 0.2) is 0 Å². The van der Waals surface area contributed by atoms with E-state index in [1.165, 1.54) is 0 Å². The van der Waals surface area contributed by atoms with Crippen molar-refractivity contribution in [2.45, 2.75) is 30.8 Å². The lowest BCUT2D eigenvalue weighted by Gasteiger charge is -2.13. The molecule has 5 nitrogen and oxygen atoms in total. The number of alkyl halides is 1. The summed E-state index contributed by atoms with van der Waals surface area (Å²) >= 11 is 0. The van der Waals surface area contributed by atoms with Crippen molar-refractivity contribution in [2.24, 2.45) is 0 Å². The van der Waals surface area contributed by atoms with Crippen molar-refractivity contribution in [3.8, 4) is 0 Å². The summed E-state index contributed by atoms with van der Waals surface area (Å²) in [5.74, 6) is 0. The van der Waals surface area contributed by atoms with E-state index in [1.54, 1.807) is 0 Å². The average Bonchev–Trinajstić information content (AvgIpc) is 2.30. The van der Waals surface area contributed by atoms with E-state index in [0.717, 1.165) is 0 Å². The van der Waals surface area contributed by atoms with Crippen LogP contribution in [-0.2, 0) is 4.74 Å². The molecular weight excluding hydrogens is 171 g/mol. The number of hydrogen-bond acceptors (Lipinski definition) is 5. The first-order valence-corrected chi connectivity index (χ1v) is 3.52. The number of aliphatic hydroxyl groups excluding tert-OH is 4. The van der Waals surface area contributed by atoms with E-state index in [9.17, 15) is 4.39 Å². The van der Waals surface area contributed by atoms with Gasteiger partial charge in [0.2, 0.25) is 6.36 Å². The van der Waals surface area contributed by atoms with Crippen LogP contribution in [-0.4, -0.2) is 57.8 Å². The van der Waals surface area contributed by atoms with Gasteiger partial charge in [-0.25, -0.2) is 4.39 Å². The largest absolute Gasteiger partial charge is 0.394 e. The Morgan fingerprint density at radius 3 is 2.17 bits per heavy atom. The third kappa shape index (κ3) is 1.57. The molecule has 1 heterocycles. The van der Waals surface area contributed by atoms with Crippen molar-refractivity contribution in [1.29, 1.82) is 0 Å². The van der Waals surface area contributed by atoms with Gasteiger partial charge in [0.25, 0.3) is 0 Å². The van der Waals surface area contributed by atoms with Crippen LogP contribution in [0.2, 0.25) is 0 Å². The Hall–Kier alpha value is -0.270. The summed E-state index contributed by atoms with van der Waals surface area (Å²) in [4.78, 5) is 0. The van der Waals surface area contributed by atoms with E-state index in [2.05, 4.69) is 4.74 Å². The van der Waals surface area contributed by atoms with E-state index in [4.69, 9.17) is 20.4 Å². The Morgan fingerprint density at radius 1 is 1.33 bits per heavy atom. The molecule has 1 aliphatic rings. The van der Waals surface area contributed by atoms with Crippen molar-refractivity contribution >= 4 is 0 Å². The van der Waals surface area contributed by atoms with Gasteiger partial charge < -0.3 is 25.2 Å². The first-order chi connectivity index (χ1) is 5.57. The van der Waals surface area contributed by atoms with Gasteiger partial charge in [-0.3, -0.25) is 0 Å². The van der Waals surface area contributed by atoms with Crippen LogP contribution < -0.4 is 0 Å². The maximum atomic E-state index is 12.2. The third-order valence-corrected chi connectivity index (χ3v) is 1.85. The minimum atomic E-state index is -2.36. The van der Waals surface area contributed by atoms with Gasteiger partial charge in [0.15, 0.2) is 0 Å². The molecule has 12 heavy (non-hydrogen) atoms. The second-order valence-electron chi connectivity index (χ2n) is 2.68. The number of aliphatic hydroxyl groups is 4. The van der Waals surface area contributed by atoms with Gasteiger partial charge in [0, 0.05) is 0 Å². The van der Waals surface area contributed by atoms with E-state index in [1.807, 2.05) is 0 Å². The lowest BCUT2D eigenvalue weighted by Crippen LogP contribution is -2.37. The zero-order chi connectivity index (χ0) is 9.30. The molecule has 0 saturated carbocycles. The molecule has 1 rings (SSSR count). The molecule has 0 aromatic heterocycles. The zero-order valence-corrected chi connectivity index (χ0v) is 6.17. The minimum Gasteiger partial charge on any atom is -0.394 e. The van der Waals surface area contributed by atoms with Crippen molar-refractivity contribution in [2.75, 3.05) is 6.61 Å². The van der Waals surface area contributed by atoms with Gasteiger partial charge in [-0.05, 0) is 0 Å². The monoisotopic (exact) mass is 182 g/mol. The molecule has 0 aromatic carbocycles. The van der Waals surface area contributed by atoms with Crippen LogP contribution in [0.1, 0.15) is 0 Å². The number of rotatable bonds is 2. The molecule has 1 fully saturated rings. The molecule has 0 spiro atoms. The average molecular weight is 182 g/mol. The third-order valence-electron chi connectivity index (χ3n) is 1.85. The Morgan fingerprint density at radius 2 is 1.92 bits per heavy atom. The number of ether oxygens (including phenoxy) is 1. The first-order valence-electron chi connectivity index (χ1n) is 3.52. The van der Waals surface area contributed by atoms with Crippen LogP contribution in [0.4, 0.5) is 4.39 Å². The minimum absolute atomic E-state index is 0.526. The van der Waals surface area contributed by atoms with E-state index < -0.39 is 37.4 Å². The van der Waals surface area contributed by atoms with Gasteiger partial charge in [0.1, 0.15) is 24.4 Å². The predicted molar refractivity (Wildman–Crippen MR) is 34.9 cm³/mol. The molecule has 5 atom stereocenters. The van der Waals surface area contributed by atoms with Gasteiger partial charge in [-0.1, -0.05) is 0 Å². The zero-order valence-electron chi connectivity index (χ0n) is 6.17. The Balaban J connectivity index is 2.60. The molecule has 0 aliphatic carbocycles. The lowest BCUT2D eigenvalue weighted by atomic mass is 10.1. The fraction of sp³-hybridized carbons (Fsp3) is 1.00. The quantitative estimate of drug-likeness (QED) is 0.387.